The van der Waals surface area contributed by atoms with Crippen molar-refractivity contribution in [2.75, 3.05) is 6.54 Å². The lowest BCUT2D eigenvalue weighted by atomic mass is 10.2. The standard InChI is InChI=1S/C9H9BrF2N2O2/c10-7-2-1-5(3-13-7)9(16)14-4-6(15)8(11)12/h1-3,6,8,15H,4H2,(H,14,16). The number of nitrogens with one attached hydrogen (secondary N) is 1. The zero-order valence-electron chi connectivity index (χ0n) is 8.03. The van der Waals surface area contributed by atoms with Gasteiger partial charge in [-0.3, -0.25) is 4.79 Å². The number of aliphatic hydroxyl groups is 1. The number of carbonyl (C=O) groups is 1. The average Bonchev–Trinajstić information content (AvgIpc) is 2.26. The highest BCUT2D eigenvalue weighted by Crippen LogP contribution is 2.06. The van der Waals surface area contributed by atoms with Crippen LogP contribution >= 0.6 is 15.9 Å². The second-order valence-electron chi connectivity index (χ2n) is 2.98. The Kier molecular flexibility index (Phi) is 4.75. The molecule has 0 spiro atoms. The summed E-state index contributed by atoms with van der Waals surface area (Å²) in [6.45, 7) is -0.493. The van der Waals surface area contributed by atoms with Gasteiger partial charge in [-0.2, -0.15) is 0 Å². The van der Waals surface area contributed by atoms with Crippen molar-refractivity contribution in [2.45, 2.75) is 12.5 Å². The molecule has 0 radical (unpaired) electrons. The summed E-state index contributed by atoms with van der Waals surface area (Å²) >= 11 is 3.09. The van der Waals surface area contributed by atoms with Gasteiger partial charge in [0.15, 0.2) is 0 Å². The van der Waals surface area contributed by atoms with E-state index in [0.717, 1.165) is 0 Å². The van der Waals surface area contributed by atoms with Gasteiger partial charge in [-0.15, -0.1) is 0 Å². The number of hydrogen-bond acceptors (Lipinski definition) is 3. The third-order valence-corrected chi connectivity index (χ3v) is 2.22. The first-order valence-corrected chi connectivity index (χ1v) is 5.16. The van der Waals surface area contributed by atoms with E-state index in [-0.39, 0.29) is 5.56 Å². The summed E-state index contributed by atoms with van der Waals surface area (Å²) in [7, 11) is 0. The van der Waals surface area contributed by atoms with Crippen molar-refractivity contribution < 1.29 is 18.7 Å². The van der Waals surface area contributed by atoms with Gasteiger partial charge in [0, 0.05) is 12.7 Å². The molecule has 0 aliphatic rings. The number of hydrogen-bond donors (Lipinski definition) is 2. The molecule has 0 aliphatic heterocycles. The number of aliphatic hydroxyl groups excluding tert-OH is 1. The number of rotatable bonds is 4. The van der Waals surface area contributed by atoms with Crippen LogP contribution in [0.2, 0.25) is 0 Å². The Morgan fingerprint density at radius 3 is 2.75 bits per heavy atom. The van der Waals surface area contributed by atoms with Gasteiger partial charge in [-0.05, 0) is 28.1 Å². The van der Waals surface area contributed by atoms with Crippen LogP contribution in [0.1, 0.15) is 10.4 Å². The molecule has 1 unspecified atom stereocenters. The van der Waals surface area contributed by atoms with E-state index in [2.05, 4.69) is 26.2 Å². The van der Waals surface area contributed by atoms with Gasteiger partial charge in [0.05, 0.1) is 5.56 Å². The lowest BCUT2D eigenvalue weighted by Crippen LogP contribution is -2.35. The van der Waals surface area contributed by atoms with Crippen LogP contribution in [0.25, 0.3) is 0 Å². The predicted molar refractivity (Wildman–Crippen MR) is 56.3 cm³/mol. The monoisotopic (exact) mass is 294 g/mol. The van der Waals surface area contributed by atoms with Crippen LogP contribution in [0, 0.1) is 0 Å². The van der Waals surface area contributed by atoms with Crippen LogP contribution in [0.3, 0.4) is 0 Å². The van der Waals surface area contributed by atoms with Crippen molar-refractivity contribution in [1.82, 2.24) is 10.3 Å². The fraction of sp³-hybridized carbons (Fsp3) is 0.333. The molecule has 88 valence electrons. The molecular weight excluding hydrogens is 286 g/mol. The number of aromatic nitrogens is 1. The Morgan fingerprint density at radius 2 is 2.25 bits per heavy atom. The summed E-state index contributed by atoms with van der Waals surface area (Å²) < 4.78 is 24.4. The second kappa shape index (κ2) is 5.86. The summed E-state index contributed by atoms with van der Waals surface area (Å²) in [4.78, 5) is 15.2. The largest absolute Gasteiger partial charge is 0.385 e. The minimum Gasteiger partial charge on any atom is -0.385 e. The first-order valence-electron chi connectivity index (χ1n) is 4.36. The fourth-order valence-corrected chi connectivity index (χ4v) is 1.13. The molecule has 0 saturated heterocycles. The van der Waals surface area contributed by atoms with E-state index < -0.39 is 25.0 Å². The second-order valence-corrected chi connectivity index (χ2v) is 3.79. The molecule has 16 heavy (non-hydrogen) atoms. The molecule has 1 amide bonds. The fourth-order valence-electron chi connectivity index (χ4n) is 0.899. The van der Waals surface area contributed by atoms with E-state index in [9.17, 15) is 13.6 Å². The molecular formula is C9H9BrF2N2O2. The van der Waals surface area contributed by atoms with Crippen LogP contribution in [-0.2, 0) is 0 Å². The molecule has 0 aliphatic carbocycles. The van der Waals surface area contributed by atoms with E-state index >= 15 is 0 Å². The molecule has 1 aromatic heterocycles. The maximum Gasteiger partial charge on any atom is 0.265 e. The summed E-state index contributed by atoms with van der Waals surface area (Å²) in [5.74, 6) is -0.556. The smallest absolute Gasteiger partial charge is 0.265 e. The number of halogens is 3. The highest BCUT2D eigenvalue weighted by atomic mass is 79.9. The molecule has 2 N–H and O–H groups in total. The van der Waals surface area contributed by atoms with Crippen molar-refractivity contribution in [3.8, 4) is 0 Å². The van der Waals surface area contributed by atoms with Crippen LogP contribution in [0.15, 0.2) is 22.9 Å². The molecule has 0 bridgehead atoms. The van der Waals surface area contributed by atoms with Crippen LogP contribution in [-0.4, -0.2) is 35.1 Å². The van der Waals surface area contributed by atoms with Crippen LogP contribution < -0.4 is 5.32 Å². The molecule has 4 nitrogen and oxygen atoms in total. The SMILES string of the molecule is O=C(NCC(O)C(F)F)c1ccc(Br)nc1. The number of nitrogens with zero attached hydrogens (tertiary/aromatic N) is 1. The summed E-state index contributed by atoms with van der Waals surface area (Å²) in [6, 6.07) is 3.04. The number of alkyl halides is 2. The average molecular weight is 295 g/mol. The molecule has 0 saturated carbocycles. The maximum atomic E-state index is 11.9. The van der Waals surface area contributed by atoms with E-state index in [1.165, 1.54) is 12.3 Å². The van der Waals surface area contributed by atoms with Crippen molar-refractivity contribution in [1.29, 1.82) is 0 Å². The van der Waals surface area contributed by atoms with E-state index in [1.807, 2.05) is 0 Å². The van der Waals surface area contributed by atoms with Crippen LogP contribution in [0.5, 0.6) is 0 Å². The molecule has 7 heteroatoms. The molecule has 0 fully saturated rings. The zero-order chi connectivity index (χ0) is 12.1. The van der Waals surface area contributed by atoms with E-state index in [0.29, 0.717) is 4.60 Å². The first-order chi connectivity index (χ1) is 7.50. The highest BCUT2D eigenvalue weighted by Gasteiger charge is 2.17. The van der Waals surface area contributed by atoms with Crippen molar-refractivity contribution in [2.24, 2.45) is 0 Å². The lowest BCUT2D eigenvalue weighted by Gasteiger charge is -2.10. The third kappa shape index (κ3) is 3.82. The number of carbonyl (C=O) groups excluding carboxylic acids is 1. The summed E-state index contributed by atoms with van der Waals surface area (Å²) in [5.41, 5.74) is 0.240. The molecule has 1 aromatic rings. The van der Waals surface area contributed by atoms with Gasteiger partial charge in [0.25, 0.3) is 12.3 Å². The van der Waals surface area contributed by atoms with E-state index in [4.69, 9.17) is 5.11 Å². The predicted octanol–water partition coefficient (Wildman–Crippen LogP) is 1.20. The molecule has 1 rings (SSSR count). The summed E-state index contributed by atoms with van der Waals surface area (Å²) in [5, 5.41) is 11.0. The molecule has 1 heterocycles. The van der Waals surface area contributed by atoms with Gasteiger partial charge < -0.3 is 10.4 Å². The first kappa shape index (κ1) is 13.0. The quantitative estimate of drug-likeness (QED) is 0.821. The minimum absolute atomic E-state index is 0.240. The third-order valence-electron chi connectivity index (χ3n) is 1.75. The lowest BCUT2D eigenvalue weighted by molar-refractivity contribution is -0.00270. The summed E-state index contributed by atoms with van der Waals surface area (Å²) in [6.07, 6.45) is -3.43. The maximum absolute atomic E-state index is 11.9. The minimum atomic E-state index is -2.87. The topological polar surface area (TPSA) is 62.2 Å². The Bertz CT molecular complexity index is 359. The van der Waals surface area contributed by atoms with Gasteiger partial charge in [-0.1, -0.05) is 0 Å². The zero-order valence-corrected chi connectivity index (χ0v) is 9.62. The van der Waals surface area contributed by atoms with Crippen molar-refractivity contribution in [3.05, 3.63) is 28.5 Å². The Hall–Kier alpha value is -1.08. The normalized spacial score (nSPS) is 12.6. The van der Waals surface area contributed by atoms with Gasteiger partial charge >= 0.3 is 0 Å². The van der Waals surface area contributed by atoms with Gasteiger partial charge in [-0.25, -0.2) is 13.8 Å². The highest BCUT2D eigenvalue weighted by molar-refractivity contribution is 9.10. The Morgan fingerprint density at radius 1 is 1.56 bits per heavy atom. The van der Waals surface area contributed by atoms with Gasteiger partial charge in [0.1, 0.15) is 10.7 Å². The van der Waals surface area contributed by atoms with Crippen molar-refractivity contribution in [3.63, 3.8) is 0 Å². The number of pyridine rings is 1. The van der Waals surface area contributed by atoms with E-state index in [1.54, 1.807) is 6.07 Å². The van der Waals surface area contributed by atoms with Gasteiger partial charge in [0.2, 0.25) is 0 Å². The molecule has 1 atom stereocenters. The number of amides is 1. The van der Waals surface area contributed by atoms with Crippen LogP contribution in [0.4, 0.5) is 8.78 Å². The Balaban J connectivity index is 2.50. The van der Waals surface area contributed by atoms with Crippen molar-refractivity contribution >= 4 is 21.8 Å². The molecule has 0 aromatic carbocycles. The Labute approximate surface area is 98.8 Å².